The van der Waals surface area contributed by atoms with Gasteiger partial charge >= 0.3 is 0 Å². The standard InChI is InChI=1S/C19H17ClFNO3/c1-11(12-3-5-18(24-2)16(21)9-12)22-19(23)14-7-13-8-15(20)4-6-17(13)25-10-14/h3-9,11H,10H2,1-2H3,(H,22,23). The third-order valence-electron chi connectivity index (χ3n) is 4.00. The van der Waals surface area contributed by atoms with Gasteiger partial charge in [-0.1, -0.05) is 17.7 Å². The van der Waals surface area contributed by atoms with Gasteiger partial charge in [-0.05, 0) is 48.9 Å². The molecule has 0 bridgehead atoms. The first-order valence-electron chi connectivity index (χ1n) is 7.75. The summed E-state index contributed by atoms with van der Waals surface area (Å²) >= 11 is 5.98. The van der Waals surface area contributed by atoms with Crippen molar-refractivity contribution in [3.05, 3.63) is 63.9 Å². The van der Waals surface area contributed by atoms with Gasteiger partial charge in [0.15, 0.2) is 11.6 Å². The van der Waals surface area contributed by atoms with Crippen LogP contribution in [-0.4, -0.2) is 19.6 Å². The normalized spacial score (nSPS) is 14.0. The maximum atomic E-state index is 13.8. The Morgan fingerprint density at radius 2 is 2.12 bits per heavy atom. The van der Waals surface area contributed by atoms with Gasteiger partial charge in [0.1, 0.15) is 12.4 Å². The number of halogens is 2. The molecule has 1 aliphatic rings. The molecule has 3 rings (SSSR count). The van der Waals surface area contributed by atoms with Crippen molar-refractivity contribution in [3.63, 3.8) is 0 Å². The SMILES string of the molecule is COc1ccc(C(C)NC(=O)C2=Cc3cc(Cl)ccc3OC2)cc1F. The smallest absolute Gasteiger partial charge is 0.251 e. The van der Waals surface area contributed by atoms with Gasteiger partial charge in [-0.3, -0.25) is 4.79 Å². The summed E-state index contributed by atoms with van der Waals surface area (Å²) in [6, 6.07) is 9.48. The first-order valence-corrected chi connectivity index (χ1v) is 8.13. The van der Waals surface area contributed by atoms with Crippen molar-refractivity contribution in [1.82, 2.24) is 5.32 Å². The molecule has 2 aromatic carbocycles. The van der Waals surface area contributed by atoms with E-state index < -0.39 is 5.82 Å². The van der Waals surface area contributed by atoms with E-state index in [-0.39, 0.29) is 24.3 Å². The summed E-state index contributed by atoms with van der Waals surface area (Å²) in [5.74, 6) is 0.115. The predicted molar refractivity (Wildman–Crippen MR) is 94.4 cm³/mol. The van der Waals surface area contributed by atoms with E-state index in [9.17, 15) is 9.18 Å². The maximum Gasteiger partial charge on any atom is 0.251 e. The van der Waals surface area contributed by atoms with Crippen LogP contribution in [0.3, 0.4) is 0 Å². The number of benzene rings is 2. The molecule has 1 atom stereocenters. The Morgan fingerprint density at radius 1 is 1.32 bits per heavy atom. The summed E-state index contributed by atoms with van der Waals surface area (Å²) in [5, 5.41) is 3.42. The lowest BCUT2D eigenvalue weighted by Crippen LogP contribution is -2.30. The van der Waals surface area contributed by atoms with Gasteiger partial charge in [0.05, 0.1) is 18.7 Å². The highest BCUT2D eigenvalue weighted by molar-refractivity contribution is 6.30. The molecule has 4 nitrogen and oxygen atoms in total. The molecule has 0 saturated heterocycles. The van der Waals surface area contributed by atoms with E-state index in [0.717, 1.165) is 5.56 Å². The Morgan fingerprint density at radius 3 is 2.84 bits per heavy atom. The molecule has 1 heterocycles. The zero-order chi connectivity index (χ0) is 18.0. The summed E-state index contributed by atoms with van der Waals surface area (Å²) in [4.78, 5) is 12.5. The van der Waals surface area contributed by atoms with Crippen LogP contribution >= 0.6 is 11.6 Å². The maximum absolute atomic E-state index is 13.8. The Bertz CT molecular complexity index is 851. The molecule has 0 spiro atoms. The van der Waals surface area contributed by atoms with E-state index in [1.54, 1.807) is 37.3 Å². The lowest BCUT2D eigenvalue weighted by Gasteiger charge is -2.20. The summed E-state index contributed by atoms with van der Waals surface area (Å²) in [7, 11) is 1.41. The van der Waals surface area contributed by atoms with Gasteiger partial charge in [0.25, 0.3) is 5.91 Å². The fourth-order valence-corrected chi connectivity index (χ4v) is 2.78. The minimum Gasteiger partial charge on any atom is -0.494 e. The number of amides is 1. The van der Waals surface area contributed by atoms with Crippen molar-refractivity contribution in [2.24, 2.45) is 0 Å². The lowest BCUT2D eigenvalue weighted by atomic mass is 10.0. The first-order chi connectivity index (χ1) is 12.0. The molecule has 0 aliphatic carbocycles. The predicted octanol–water partition coefficient (Wildman–Crippen LogP) is 4.14. The van der Waals surface area contributed by atoms with Crippen molar-refractivity contribution in [2.75, 3.05) is 13.7 Å². The molecule has 0 fully saturated rings. The molecular formula is C19H17ClFNO3. The van der Waals surface area contributed by atoms with Crippen molar-refractivity contribution < 1.29 is 18.7 Å². The zero-order valence-electron chi connectivity index (χ0n) is 13.8. The van der Waals surface area contributed by atoms with E-state index in [1.807, 2.05) is 0 Å². The van der Waals surface area contributed by atoms with Crippen LogP contribution < -0.4 is 14.8 Å². The fraction of sp³-hybridized carbons (Fsp3) is 0.211. The number of fused-ring (bicyclic) bond motifs is 1. The number of rotatable bonds is 4. The Kier molecular flexibility index (Phi) is 4.95. The van der Waals surface area contributed by atoms with Crippen LogP contribution in [0.25, 0.3) is 6.08 Å². The first kappa shape index (κ1) is 17.3. The number of carbonyl (C=O) groups excluding carboxylic acids is 1. The van der Waals surface area contributed by atoms with Crippen LogP contribution in [0.5, 0.6) is 11.5 Å². The molecule has 6 heteroatoms. The summed E-state index contributed by atoms with van der Waals surface area (Å²) < 4.78 is 24.3. The van der Waals surface area contributed by atoms with E-state index in [0.29, 0.717) is 21.9 Å². The topological polar surface area (TPSA) is 47.6 Å². The summed E-state index contributed by atoms with van der Waals surface area (Å²) in [5.41, 5.74) is 1.88. The van der Waals surface area contributed by atoms with Crippen molar-refractivity contribution in [1.29, 1.82) is 0 Å². The Hall–Kier alpha value is -2.53. The average Bonchev–Trinajstić information content (AvgIpc) is 2.60. The number of methoxy groups -OCH3 is 1. The Labute approximate surface area is 150 Å². The molecule has 130 valence electrons. The number of nitrogens with one attached hydrogen (secondary N) is 1. The highest BCUT2D eigenvalue weighted by Gasteiger charge is 2.20. The van der Waals surface area contributed by atoms with Crippen molar-refractivity contribution >= 4 is 23.6 Å². The minimum absolute atomic E-state index is 0.166. The van der Waals surface area contributed by atoms with Crippen LogP contribution in [0.15, 0.2) is 42.0 Å². The van der Waals surface area contributed by atoms with E-state index in [2.05, 4.69) is 5.32 Å². The molecule has 1 aliphatic heterocycles. The molecule has 0 aromatic heterocycles. The second-order valence-corrected chi connectivity index (χ2v) is 6.17. The number of hydrogen-bond acceptors (Lipinski definition) is 3. The fourth-order valence-electron chi connectivity index (χ4n) is 2.60. The molecular weight excluding hydrogens is 345 g/mol. The van der Waals surface area contributed by atoms with E-state index in [4.69, 9.17) is 21.1 Å². The van der Waals surface area contributed by atoms with Crippen LogP contribution in [0.2, 0.25) is 5.02 Å². The van der Waals surface area contributed by atoms with E-state index >= 15 is 0 Å². The van der Waals surface area contributed by atoms with Crippen LogP contribution in [0.1, 0.15) is 24.1 Å². The van der Waals surface area contributed by atoms with Gasteiger partial charge < -0.3 is 14.8 Å². The lowest BCUT2D eigenvalue weighted by molar-refractivity contribution is -0.118. The molecule has 1 unspecified atom stereocenters. The van der Waals surface area contributed by atoms with Crippen molar-refractivity contribution in [3.8, 4) is 11.5 Å². The quantitative estimate of drug-likeness (QED) is 0.890. The van der Waals surface area contributed by atoms with Gasteiger partial charge in [-0.15, -0.1) is 0 Å². The second kappa shape index (κ2) is 7.15. The van der Waals surface area contributed by atoms with Gasteiger partial charge in [-0.2, -0.15) is 0 Å². The minimum atomic E-state index is -0.468. The molecule has 1 amide bonds. The number of carbonyl (C=O) groups is 1. The molecule has 0 radical (unpaired) electrons. The molecule has 1 N–H and O–H groups in total. The third kappa shape index (κ3) is 3.77. The largest absolute Gasteiger partial charge is 0.494 e. The third-order valence-corrected chi connectivity index (χ3v) is 4.23. The highest BCUT2D eigenvalue weighted by Crippen LogP contribution is 2.29. The monoisotopic (exact) mass is 361 g/mol. The molecule has 25 heavy (non-hydrogen) atoms. The van der Waals surface area contributed by atoms with Crippen LogP contribution in [0.4, 0.5) is 4.39 Å². The number of ether oxygens (including phenoxy) is 2. The summed E-state index contributed by atoms with van der Waals surface area (Å²) in [6.45, 7) is 1.96. The second-order valence-electron chi connectivity index (χ2n) is 5.73. The van der Waals surface area contributed by atoms with Gasteiger partial charge in [-0.25, -0.2) is 4.39 Å². The van der Waals surface area contributed by atoms with Crippen molar-refractivity contribution in [2.45, 2.75) is 13.0 Å². The summed E-state index contributed by atoms with van der Waals surface area (Å²) in [6.07, 6.45) is 1.75. The van der Waals surface area contributed by atoms with Crippen LogP contribution in [-0.2, 0) is 4.79 Å². The van der Waals surface area contributed by atoms with Crippen LogP contribution in [0, 0.1) is 5.82 Å². The van der Waals surface area contributed by atoms with Gasteiger partial charge in [0.2, 0.25) is 0 Å². The number of hydrogen-bond donors (Lipinski definition) is 1. The molecule has 0 saturated carbocycles. The zero-order valence-corrected chi connectivity index (χ0v) is 14.6. The Balaban J connectivity index is 1.75. The van der Waals surface area contributed by atoms with E-state index in [1.165, 1.54) is 19.2 Å². The molecule has 2 aromatic rings. The van der Waals surface area contributed by atoms with Gasteiger partial charge in [0, 0.05) is 10.6 Å². The average molecular weight is 362 g/mol. The highest BCUT2D eigenvalue weighted by atomic mass is 35.5.